The summed E-state index contributed by atoms with van der Waals surface area (Å²) < 4.78 is 5.06. The molecule has 2 aromatic carbocycles. The van der Waals surface area contributed by atoms with Gasteiger partial charge in [-0.2, -0.15) is 0 Å². The number of amides is 3. The summed E-state index contributed by atoms with van der Waals surface area (Å²) >= 11 is 5.92. The third-order valence-electron chi connectivity index (χ3n) is 3.50. The van der Waals surface area contributed by atoms with E-state index >= 15 is 0 Å². The van der Waals surface area contributed by atoms with Crippen LogP contribution < -0.4 is 16.0 Å². The second-order valence-corrected chi connectivity index (χ2v) is 7.77. The molecule has 7 nitrogen and oxygen atoms in total. The molecule has 0 saturated heterocycles. The van der Waals surface area contributed by atoms with E-state index < -0.39 is 17.6 Å². The number of nitrogens with one attached hydrogen (secondary N) is 3. The van der Waals surface area contributed by atoms with Gasteiger partial charge in [-0.15, -0.1) is 0 Å². The predicted molar refractivity (Wildman–Crippen MR) is 113 cm³/mol. The highest BCUT2D eigenvalue weighted by Crippen LogP contribution is 2.15. The Morgan fingerprint density at radius 1 is 0.931 bits per heavy atom. The minimum atomic E-state index is -0.662. The monoisotopic (exact) mass is 417 g/mol. The maximum absolute atomic E-state index is 12.1. The van der Waals surface area contributed by atoms with Crippen molar-refractivity contribution in [2.45, 2.75) is 32.8 Å². The lowest BCUT2D eigenvalue weighted by Crippen LogP contribution is -2.37. The van der Waals surface area contributed by atoms with Gasteiger partial charge < -0.3 is 20.7 Å². The number of hydrogen-bond donors (Lipinski definition) is 3. The zero-order valence-electron chi connectivity index (χ0n) is 16.5. The van der Waals surface area contributed by atoms with Crippen LogP contribution in [0.4, 0.5) is 16.2 Å². The van der Waals surface area contributed by atoms with Gasteiger partial charge in [0.25, 0.3) is 0 Å². The highest BCUT2D eigenvalue weighted by atomic mass is 35.5. The number of rotatable bonds is 6. The highest BCUT2D eigenvalue weighted by Gasteiger charge is 2.16. The summed E-state index contributed by atoms with van der Waals surface area (Å²) in [5.74, 6) is -0.570. The van der Waals surface area contributed by atoms with Crippen LogP contribution in [0.5, 0.6) is 0 Å². The van der Waals surface area contributed by atoms with Crippen LogP contribution in [0.3, 0.4) is 0 Å². The number of hydrogen-bond acceptors (Lipinski definition) is 4. The topological polar surface area (TPSA) is 96.5 Å². The molecule has 3 amide bonds. The van der Waals surface area contributed by atoms with Crippen molar-refractivity contribution in [2.75, 3.05) is 17.2 Å². The first-order chi connectivity index (χ1) is 13.6. The van der Waals surface area contributed by atoms with Gasteiger partial charge in [0.2, 0.25) is 11.8 Å². The Kier molecular flexibility index (Phi) is 7.61. The quantitative estimate of drug-likeness (QED) is 0.662. The Morgan fingerprint density at radius 2 is 1.52 bits per heavy atom. The summed E-state index contributed by atoms with van der Waals surface area (Å²) in [5, 5.41) is 8.40. The number of carbonyl (C=O) groups is 3. The summed E-state index contributed by atoms with van der Waals surface area (Å²) in [6, 6.07) is 13.8. The Labute approximate surface area is 174 Å². The molecular weight excluding hydrogens is 394 g/mol. The van der Waals surface area contributed by atoms with Crippen molar-refractivity contribution in [3.05, 3.63) is 59.1 Å². The molecule has 0 aromatic heterocycles. The summed E-state index contributed by atoms with van der Waals surface area (Å²) in [5.41, 5.74) is 1.32. The van der Waals surface area contributed by atoms with Crippen molar-refractivity contribution in [1.29, 1.82) is 0 Å². The van der Waals surface area contributed by atoms with Gasteiger partial charge in [0.1, 0.15) is 12.1 Å². The standard InChI is InChI=1S/C21H24ClN3O4/c1-21(2,3)29-20(28)23-13-19(27)25-17-9-7-16(8-10-17)24-18(26)12-14-5-4-6-15(22)11-14/h4-11H,12-13H2,1-3H3,(H,23,28)(H,24,26)(H,25,27). The van der Waals surface area contributed by atoms with E-state index in [0.29, 0.717) is 16.4 Å². The smallest absolute Gasteiger partial charge is 0.408 e. The first kappa shape index (κ1) is 22.2. The molecule has 0 aliphatic carbocycles. The first-order valence-corrected chi connectivity index (χ1v) is 9.39. The molecule has 0 aliphatic heterocycles. The molecule has 29 heavy (non-hydrogen) atoms. The lowest BCUT2D eigenvalue weighted by Gasteiger charge is -2.19. The third-order valence-corrected chi connectivity index (χ3v) is 3.73. The van der Waals surface area contributed by atoms with E-state index in [1.807, 2.05) is 6.07 Å². The van der Waals surface area contributed by atoms with Crippen molar-refractivity contribution in [3.8, 4) is 0 Å². The molecule has 3 N–H and O–H groups in total. The number of ether oxygens (including phenoxy) is 1. The number of carbonyl (C=O) groups excluding carboxylic acids is 3. The van der Waals surface area contributed by atoms with E-state index in [0.717, 1.165) is 5.56 Å². The van der Waals surface area contributed by atoms with Crippen molar-refractivity contribution < 1.29 is 19.1 Å². The summed E-state index contributed by atoms with van der Waals surface area (Å²) in [7, 11) is 0. The highest BCUT2D eigenvalue weighted by molar-refractivity contribution is 6.30. The Bertz CT molecular complexity index is 876. The lowest BCUT2D eigenvalue weighted by atomic mass is 10.1. The van der Waals surface area contributed by atoms with Gasteiger partial charge in [-0.3, -0.25) is 9.59 Å². The fourth-order valence-corrected chi connectivity index (χ4v) is 2.56. The van der Waals surface area contributed by atoms with Crippen LogP contribution in [0.25, 0.3) is 0 Å². The molecule has 0 bridgehead atoms. The number of benzene rings is 2. The van der Waals surface area contributed by atoms with Crippen LogP contribution in [0.1, 0.15) is 26.3 Å². The Morgan fingerprint density at radius 3 is 2.07 bits per heavy atom. The SMILES string of the molecule is CC(C)(C)OC(=O)NCC(=O)Nc1ccc(NC(=O)Cc2cccc(Cl)c2)cc1. The second kappa shape index (κ2) is 9.93. The van der Waals surface area contributed by atoms with Crippen LogP contribution in [0, 0.1) is 0 Å². The van der Waals surface area contributed by atoms with E-state index in [1.54, 1.807) is 63.2 Å². The summed E-state index contributed by atoms with van der Waals surface area (Å²) in [6.07, 6.45) is -0.458. The van der Waals surface area contributed by atoms with E-state index in [1.165, 1.54) is 0 Å². The zero-order chi connectivity index (χ0) is 21.4. The van der Waals surface area contributed by atoms with Crippen molar-refractivity contribution in [1.82, 2.24) is 5.32 Å². The number of anilines is 2. The van der Waals surface area contributed by atoms with Crippen molar-refractivity contribution in [3.63, 3.8) is 0 Å². The molecule has 0 fully saturated rings. The van der Waals surface area contributed by atoms with Crippen LogP contribution in [0.15, 0.2) is 48.5 Å². The Hall–Kier alpha value is -3.06. The van der Waals surface area contributed by atoms with Gasteiger partial charge in [0.05, 0.1) is 6.42 Å². The van der Waals surface area contributed by atoms with Crippen molar-refractivity contribution >= 4 is 40.9 Å². The van der Waals surface area contributed by atoms with Gasteiger partial charge in [0.15, 0.2) is 0 Å². The third kappa shape index (κ3) is 8.66. The molecule has 0 aliphatic rings. The Balaban J connectivity index is 1.79. The molecule has 2 rings (SSSR count). The molecule has 0 radical (unpaired) electrons. The zero-order valence-corrected chi connectivity index (χ0v) is 17.3. The minimum absolute atomic E-state index is 0.175. The van der Waals surface area contributed by atoms with E-state index in [4.69, 9.17) is 16.3 Å². The molecule has 2 aromatic rings. The molecular formula is C21H24ClN3O4. The molecule has 8 heteroatoms. The normalized spacial score (nSPS) is 10.8. The largest absolute Gasteiger partial charge is 0.444 e. The minimum Gasteiger partial charge on any atom is -0.444 e. The maximum Gasteiger partial charge on any atom is 0.408 e. The average molecular weight is 418 g/mol. The van der Waals surface area contributed by atoms with Crippen LogP contribution in [0.2, 0.25) is 5.02 Å². The molecule has 154 valence electrons. The molecule has 0 saturated carbocycles. The average Bonchev–Trinajstić information content (AvgIpc) is 2.60. The van der Waals surface area contributed by atoms with E-state index in [-0.39, 0.29) is 18.9 Å². The summed E-state index contributed by atoms with van der Waals surface area (Å²) in [6.45, 7) is 5.00. The second-order valence-electron chi connectivity index (χ2n) is 7.34. The molecule has 0 spiro atoms. The van der Waals surface area contributed by atoms with Crippen molar-refractivity contribution in [2.24, 2.45) is 0 Å². The molecule has 0 unspecified atom stereocenters. The van der Waals surface area contributed by atoms with Gasteiger partial charge >= 0.3 is 6.09 Å². The van der Waals surface area contributed by atoms with Gasteiger partial charge in [0, 0.05) is 16.4 Å². The van der Waals surface area contributed by atoms with Gasteiger partial charge in [-0.1, -0.05) is 23.7 Å². The van der Waals surface area contributed by atoms with Gasteiger partial charge in [-0.05, 0) is 62.7 Å². The van der Waals surface area contributed by atoms with E-state index in [2.05, 4.69) is 16.0 Å². The number of halogens is 1. The predicted octanol–water partition coefficient (Wildman–Crippen LogP) is 3.98. The lowest BCUT2D eigenvalue weighted by molar-refractivity contribution is -0.116. The van der Waals surface area contributed by atoms with Crippen LogP contribution >= 0.6 is 11.6 Å². The van der Waals surface area contributed by atoms with E-state index in [9.17, 15) is 14.4 Å². The first-order valence-electron chi connectivity index (χ1n) is 9.02. The van der Waals surface area contributed by atoms with Gasteiger partial charge in [-0.25, -0.2) is 4.79 Å². The maximum atomic E-state index is 12.1. The van der Waals surface area contributed by atoms with Crippen LogP contribution in [-0.4, -0.2) is 30.1 Å². The fourth-order valence-electron chi connectivity index (χ4n) is 2.35. The summed E-state index contributed by atoms with van der Waals surface area (Å²) in [4.78, 5) is 35.6. The van der Waals surface area contributed by atoms with Crippen LogP contribution in [-0.2, 0) is 20.7 Å². The molecule has 0 heterocycles. The fraction of sp³-hybridized carbons (Fsp3) is 0.286. The number of alkyl carbamates (subject to hydrolysis) is 1. The molecule has 0 atom stereocenters.